The van der Waals surface area contributed by atoms with Crippen LogP contribution in [0.4, 0.5) is 15.8 Å². The number of anilines is 2. The molecule has 1 aromatic heterocycles. The summed E-state index contributed by atoms with van der Waals surface area (Å²) in [6.45, 7) is 4.54. The molecule has 0 amide bonds. The summed E-state index contributed by atoms with van der Waals surface area (Å²) in [5.41, 5.74) is 3.89. The molecule has 1 N–H and O–H groups in total. The molecule has 0 radical (unpaired) electrons. The molecule has 2 aromatic carbocycles. The van der Waals surface area contributed by atoms with Crippen molar-refractivity contribution in [2.75, 3.05) is 10.2 Å². The summed E-state index contributed by atoms with van der Waals surface area (Å²) in [5, 5.41) is 3.55. The number of nitrogens with zero attached hydrogens (tertiary/aromatic N) is 1. The normalized spacial score (nSPS) is 20.0. The van der Waals surface area contributed by atoms with E-state index in [1.165, 1.54) is 6.07 Å². The Morgan fingerprint density at radius 1 is 1.06 bits per heavy atom. The topological polar surface area (TPSA) is 45.5 Å². The van der Waals surface area contributed by atoms with Crippen molar-refractivity contribution in [1.29, 1.82) is 0 Å². The molecule has 1 atom stereocenters. The molecule has 5 heteroatoms. The van der Waals surface area contributed by atoms with Gasteiger partial charge < -0.3 is 14.6 Å². The zero-order chi connectivity index (χ0) is 21.6. The molecule has 2 aliphatic rings. The number of carbonyl (C=O) groups excluding carboxylic acids is 1. The van der Waals surface area contributed by atoms with Crippen molar-refractivity contribution < 1.29 is 13.6 Å². The van der Waals surface area contributed by atoms with E-state index < -0.39 is 6.04 Å². The van der Waals surface area contributed by atoms with Gasteiger partial charge >= 0.3 is 0 Å². The van der Waals surface area contributed by atoms with Crippen LogP contribution in [0.25, 0.3) is 0 Å². The van der Waals surface area contributed by atoms with E-state index in [4.69, 9.17) is 4.42 Å². The van der Waals surface area contributed by atoms with E-state index in [1.54, 1.807) is 18.4 Å². The van der Waals surface area contributed by atoms with E-state index in [0.29, 0.717) is 29.9 Å². The zero-order valence-electron chi connectivity index (χ0n) is 17.7. The van der Waals surface area contributed by atoms with Gasteiger partial charge in [0.05, 0.1) is 17.6 Å². The van der Waals surface area contributed by atoms with E-state index in [1.807, 2.05) is 42.5 Å². The second kappa shape index (κ2) is 7.41. The molecule has 3 aromatic rings. The van der Waals surface area contributed by atoms with Crippen LogP contribution < -0.4 is 10.2 Å². The largest absolute Gasteiger partial charge is 0.467 e. The van der Waals surface area contributed by atoms with Gasteiger partial charge in [0.2, 0.25) is 0 Å². The lowest BCUT2D eigenvalue weighted by molar-refractivity contribution is -0.118. The number of carbonyl (C=O) groups is 1. The number of rotatable bonds is 3. The molecule has 0 bridgehead atoms. The Labute approximate surface area is 181 Å². The van der Waals surface area contributed by atoms with Crippen LogP contribution in [0.2, 0.25) is 0 Å². The number of fused-ring (bicyclic) bond motifs is 1. The highest BCUT2D eigenvalue weighted by molar-refractivity contribution is 6.01. The Bertz CT molecular complexity index is 1160. The number of para-hydroxylation sites is 2. The van der Waals surface area contributed by atoms with Gasteiger partial charge in [-0.25, -0.2) is 4.39 Å². The average Bonchev–Trinajstić information content (AvgIpc) is 3.21. The lowest BCUT2D eigenvalue weighted by atomic mass is 9.74. The van der Waals surface area contributed by atoms with Gasteiger partial charge in [-0.15, -0.1) is 0 Å². The van der Waals surface area contributed by atoms with Crippen molar-refractivity contribution >= 4 is 17.2 Å². The molecule has 1 unspecified atom stereocenters. The number of allylic oxidation sites excluding steroid dienone is 1. The number of hydrogen-bond acceptors (Lipinski definition) is 4. The summed E-state index contributed by atoms with van der Waals surface area (Å²) in [7, 11) is 0. The first-order valence-corrected chi connectivity index (χ1v) is 10.6. The van der Waals surface area contributed by atoms with Crippen LogP contribution in [0.3, 0.4) is 0 Å². The van der Waals surface area contributed by atoms with Crippen LogP contribution >= 0.6 is 0 Å². The fraction of sp³-hybridized carbons (Fsp3) is 0.269. The molecule has 5 rings (SSSR count). The lowest BCUT2D eigenvalue weighted by Gasteiger charge is -2.37. The van der Waals surface area contributed by atoms with Gasteiger partial charge in [0.25, 0.3) is 0 Å². The number of furan rings is 1. The van der Waals surface area contributed by atoms with Gasteiger partial charge in [0.15, 0.2) is 5.78 Å². The van der Waals surface area contributed by atoms with Crippen LogP contribution in [0, 0.1) is 11.2 Å². The Morgan fingerprint density at radius 3 is 2.61 bits per heavy atom. The molecule has 31 heavy (non-hydrogen) atoms. The predicted molar refractivity (Wildman–Crippen MR) is 119 cm³/mol. The van der Waals surface area contributed by atoms with Crippen molar-refractivity contribution in [3.8, 4) is 0 Å². The Hall–Kier alpha value is -3.34. The van der Waals surface area contributed by atoms with Crippen LogP contribution in [0.1, 0.15) is 44.1 Å². The van der Waals surface area contributed by atoms with Crippen molar-refractivity contribution in [1.82, 2.24) is 0 Å². The molecular weight excluding hydrogens is 391 g/mol. The molecule has 1 aliphatic carbocycles. The summed E-state index contributed by atoms with van der Waals surface area (Å²) < 4.78 is 20.5. The Morgan fingerprint density at radius 2 is 1.84 bits per heavy atom. The molecule has 0 fully saturated rings. The van der Waals surface area contributed by atoms with Crippen LogP contribution in [-0.2, 0) is 11.3 Å². The van der Waals surface area contributed by atoms with E-state index >= 15 is 0 Å². The number of ketones is 1. The summed E-state index contributed by atoms with van der Waals surface area (Å²) in [4.78, 5) is 15.6. The first-order valence-electron chi connectivity index (χ1n) is 10.6. The van der Waals surface area contributed by atoms with Crippen molar-refractivity contribution in [3.63, 3.8) is 0 Å². The number of hydrogen-bond donors (Lipinski definition) is 1. The van der Waals surface area contributed by atoms with Gasteiger partial charge in [-0.1, -0.05) is 44.2 Å². The Balaban J connectivity index is 1.73. The molecule has 0 saturated heterocycles. The smallest absolute Gasteiger partial charge is 0.163 e. The molecule has 2 heterocycles. The quantitative estimate of drug-likeness (QED) is 0.549. The summed E-state index contributed by atoms with van der Waals surface area (Å²) in [5.74, 6) is 0.516. The maximum absolute atomic E-state index is 14.7. The summed E-state index contributed by atoms with van der Waals surface area (Å²) >= 11 is 0. The molecule has 4 nitrogen and oxygen atoms in total. The minimum atomic E-state index is -0.440. The maximum Gasteiger partial charge on any atom is 0.163 e. The van der Waals surface area contributed by atoms with Crippen molar-refractivity contribution in [2.24, 2.45) is 5.41 Å². The van der Waals surface area contributed by atoms with Gasteiger partial charge in [-0.05, 0) is 42.2 Å². The van der Waals surface area contributed by atoms with Gasteiger partial charge in [-0.2, -0.15) is 0 Å². The van der Waals surface area contributed by atoms with Crippen LogP contribution in [0.15, 0.2) is 82.6 Å². The fourth-order valence-corrected chi connectivity index (χ4v) is 4.78. The lowest BCUT2D eigenvalue weighted by Crippen LogP contribution is -2.36. The average molecular weight is 416 g/mol. The summed E-state index contributed by atoms with van der Waals surface area (Å²) in [6, 6.07) is 18.0. The second-order valence-electron chi connectivity index (χ2n) is 9.11. The van der Waals surface area contributed by atoms with Crippen LogP contribution in [0.5, 0.6) is 0 Å². The van der Waals surface area contributed by atoms with Crippen LogP contribution in [-0.4, -0.2) is 5.78 Å². The Kier molecular flexibility index (Phi) is 4.69. The predicted octanol–water partition coefficient (Wildman–Crippen LogP) is 6.24. The van der Waals surface area contributed by atoms with Gasteiger partial charge in [0.1, 0.15) is 17.6 Å². The standard InChI is InChI=1S/C26H25FN2O2/c1-26(2)14-20-24(22(30)15-26)25(23-12-7-13-31-23)29(16-17-8-3-4-9-18(17)27)21-11-6-5-10-19(21)28-20/h3-13,25,28H,14-16H2,1-2H3. The minimum Gasteiger partial charge on any atom is -0.467 e. The highest BCUT2D eigenvalue weighted by Gasteiger charge is 2.42. The monoisotopic (exact) mass is 416 g/mol. The highest BCUT2D eigenvalue weighted by Crippen LogP contribution is 2.48. The van der Waals surface area contributed by atoms with Gasteiger partial charge in [0, 0.05) is 29.8 Å². The third kappa shape index (κ3) is 3.54. The SMILES string of the molecule is CC1(C)CC(=O)C2=C(C1)Nc1ccccc1N(Cc1ccccc1F)C2c1ccco1. The number of Topliss-reactive ketones (excluding diaryl/α,β-unsaturated/α-hetero) is 1. The van der Waals surface area contributed by atoms with Crippen molar-refractivity contribution in [2.45, 2.75) is 39.3 Å². The first kappa shape index (κ1) is 19.6. The fourth-order valence-electron chi connectivity index (χ4n) is 4.78. The van der Waals surface area contributed by atoms with E-state index in [9.17, 15) is 9.18 Å². The molecular formula is C26H25FN2O2. The molecule has 158 valence electrons. The molecule has 0 spiro atoms. The second-order valence-corrected chi connectivity index (χ2v) is 9.11. The van der Waals surface area contributed by atoms with E-state index in [2.05, 4.69) is 24.1 Å². The number of halogens is 1. The minimum absolute atomic E-state index is 0.103. The molecule has 1 aliphatic heterocycles. The third-order valence-corrected chi connectivity index (χ3v) is 6.12. The number of benzene rings is 2. The summed E-state index contributed by atoms with van der Waals surface area (Å²) in [6.07, 6.45) is 2.85. The van der Waals surface area contributed by atoms with E-state index in [-0.39, 0.29) is 17.0 Å². The maximum atomic E-state index is 14.7. The van der Waals surface area contributed by atoms with Crippen molar-refractivity contribution in [3.05, 3.63) is 95.3 Å². The molecule has 0 saturated carbocycles. The third-order valence-electron chi connectivity index (χ3n) is 6.12. The zero-order valence-corrected chi connectivity index (χ0v) is 17.7. The first-order chi connectivity index (χ1) is 14.9. The highest BCUT2D eigenvalue weighted by atomic mass is 19.1. The number of nitrogens with one attached hydrogen (secondary N) is 1. The van der Waals surface area contributed by atoms with Gasteiger partial charge in [-0.3, -0.25) is 4.79 Å². The van der Waals surface area contributed by atoms with E-state index in [0.717, 1.165) is 23.5 Å².